The molecule has 42 heavy (non-hydrogen) atoms. The molecule has 2 atom stereocenters. The molecule has 2 saturated heterocycles. The molecule has 1 aromatic heterocycles. The number of halogens is 5. The number of nitrogens with two attached hydrogens (primary N) is 1. The number of rotatable bonds is 5. The number of aromatic nitrogens is 2. The van der Waals surface area contributed by atoms with Crippen LogP contribution in [0.25, 0.3) is 11.3 Å². The van der Waals surface area contributed by atoms with Gasteiger partial charge in [-0.05, 0) is 36.7 Å². The van der Waals surface area contributed by atoms with Gasteiger partial charge in [0.2, 0.25) is 23.3 Å². The topological polar surface area (TPSA) is 127 Å². The van der Waals surface area contributed by atoms with Gasteiger partial charge in [-0.2, -0.15) is 13.9 Å². The minimum atomic E-state index is -1.77. The molecule has 4 N–H and O–H groups in total. The number of benzene rings is 2. The van der Waals surface area contributed by atoms with Gasteiger partial charge in [0.25, 0.3) is 5.24 Å². The number of thioether (sulfide) groups is 1. The number of likely N-dealkylation sites (tertiary alicyclic amines) is 1. The van der Waals surface area contributed by atoms with E-state index in [4.69, 9.17) is 10.5 Å². The first-order valence-corrected chi connectivity index (χ1v) is 13.7. The van der Waals surface area contributed by atoms with Gasteiger partial charge in [0, 0.05) is 37.3 Å². The van der Waals surface area contributed by atoms with Crippen LogP contribution in [0.4, 0.5) is 32.6 Å². The highest BCUT2D eigenvalue weighted by Crippen LogP contribution is 2.38. The predicted octanol–water partition coefficient (Wildman–Crippen LogP) is 4.11. The second-order valence-electron chi connectivity index (χ2n) is 9.79. The average Bonchev–Trinajstić information content (AvgIpc) is 3.59. The quantitative estimate of drug-likeness (QED) is 0.294. The van der Waals surface area contributed by atoms with E-state index < -0.39 is 45.8 Å². The van der Waals surface area contributed by atoms with Gasteiger partial charge in [-0.1, -0.05) is 0 Å². The fourth-order valence-corrected chi connectivity index (χ4v) is 6.01. The maximum Gasteiger partial charge on any atom is 0.279 e. The lowest BCUT2D eigenvalue weighted by molar-refractivity contribution is -0.132. The first-order chi connectivity index (χ1) is 20.1. The highest BCUT2D eigenvalue weighted by molar-refractivity contribution is 8.15. The zero-order chi connectivity index (χ0) is 29.7. The van der Waals surface area contributed by atoms with E-state index in [0.717, 1.165) is 23.9 Å². The van der Waals surface area contributed by atoms with Gasteiger partial charge >= 0.3 is 0 Å². The Morgan fingerprint density at radius 2 is 1.83 bits per heavy atom. The third-order valence-corrected chi connectivity index (χ3v) is 8.17. The molecule has 0 bridgehead atoms. The monoisotopic (exact) mass is 607 g/mol. The zero-order valence-corrected chi connectivity index (χ0v) is 22.4. The number of ether oxygens (including phenoxy) is 1. The summed E-state index contributed by atoms with van der Waals surface area (Å²) in [5, 5.41) is 9.64. The Kier molecular flexibility index (Phi) is 7.16. The smallest absolute Gasteiger partial charge is 0.279 e. The fourth-order valence-electron chi connectivity index (χ4n) is 5.17. The number of fused-ring (bicyclic) bond motifs is 1. The molecule has 2 aromatic carbocycles. The molecule has 16 heteroatoms. The molecule has 3 aliphatic rings. The van der Waals surface area contributed by atoms with Crippen molar-refractivity contribution in [2.75, 3.05) is 31.6 Å². The molecule has 2 unspecified atom stereocenters. The zero-order valence-electron chi connectivity index (χ0n) is 21.6. The molecular formula is C26H22F5N7O3S. The van der Waals surface area contributed by atoms with E-state index in [2.05, 4.69) is 20.7 Å². The molecule has 0 aliphatic carbocycles. The number of piperidine rings is 1. The summed E-state index contributed by atoms with van der Waals surface area (Å²) in [5.74, 6) is -9.17. The lowest BCUT2D eigenvalue weighted by Crippen LogP contribution is -2.45. The first kappa shape index (κ1) is 27.8. The van der Waals surface area contributed by atoms with E-state index in [0.29, 0.717) is 37.3 Å². The summed E-state index contributed by atoms with van der Waals surface area (Å²) in [6.07, 6.45) is 1.32. The van der Waals surface area contributed by atoms with Crippen molar-refractivity contribution in [2.24, 2.45) is 10.7 Å². The van der Waals surface area contributed by atoms with Crippen molar-refractivity contribution < 1.29 is 36.3 Å². The average molecular weight is 608 g/mol. The highest BCUT2D eigenvalue weighted by Gasteiger charge is 2.37. The van der Waals surface area contributed by atoms with Gasteiger partial charge in [0.05, 0.1) is 11.6 Å². The Morgan fingerprint density at radius 1 is 1.07 bits per heavy atom. The second kappa shape index (κ2) is 10.8. The fraction of sp³-hybridized carbons (Fsp3) is 0.308. The second-order valence-corrected chi connectivity index (χ2v) is 11.0. The van der Waals surface area contributed by atoms with Gasteiger partial charge in [0.15, 0.2) is 11.6 Å². The Morgan fingerprint density at radius 3 is 2.52 bits per heavy atom. The minimum Gasteiger partial charge on any atom is -0.451 e. The molecule has 6 rings (SSSR count). The van der Waals surface area contributed by atoms with Crippen LogP contribution >= 0.6 is 11.8 Å². The molecule has 2 amide bonds. The minimum absolute atomic E-state index is 0.0357. The summed E-state index contributed by atoms with van der Waals surface area (Å²) >= 11 is 0.956. The van der Waals surface area contributed by atoms with Gasteiger partial charge < -0.3 is 26.0 Å². The van der Waals surface area contributed by atoms with Crippen LogP contribution < -0.4 is 21.1 Å². The maximum atomic E-state index is 15.5. The molecule has 0 saturated carbocycles. The number of hydrogen-bond acceptors (Lipinski definition) is 8. The summed E-state index contributed by atoms with van der Waals surface area (Å²) in [4.78, 5) is 30.5. The number of amides is 2. The normalized spacial score (nSPS) is 20.1. The van der Waals surface area contributed by atoms with Crippen molar-refractivity contribution in [1.29, 1.82) is 0 Å². The number of aliphatic imine (C=N–C) groups is 1. The largest absolute Gasteiger partial charge is 0.451 e. The number of amidine groups is 1. The number of anilines is 1. The van der Waals surface area contributed by atoms with Gasteiger partial charge in [-0.25, -0.2) is 22.8 Å². The molecule has 220 valence electrons. The molecule has 2 fully saturated rings. The van der Waals surface area contributed by atoms with E-state index in [1.165, 1.54) is 6.07 Å². The third kappa shape index (κ3) is 4.88. The van der Waals surface area contributed by atoms with Crippen LogP contribution in [0.2, 0.25) is 0 Å². The predicted molar refractivity (Wildman–Crippen MR) is 143 cm³/mol. The van der Waals surface area contributed by atoms with E-state index in [9.17, 15) is 27.2 Å². The van der Waals surface area contributed by atoms with Gasteiger partial charge in [-0.15, -0.1) is 0 Å². The standard InChI is InChI=1S/C26H22F5N7O3S/c27-14-6-12(41-22-19(30)15(28)7-16(29)20(22)31)3-4-13(14)21-18-23(32)34-10-35-24(18)38(36-21)11-2-1-5-37(9-11)25(39)17-8-33-26(40)42-17/h3-4,6-7,11,17,35H,1-2,5,8-10H2,(H2,32,34)(H,33,40). The molecule has 3 aliphatic heterocycles. The van der Waals surface area contributed by atoms with Crippen LogP contribution in [-0.4, -0.2) is 63.2 Å². The first-order valence-electron chi connectivity index (χ1n) is 12.8. The van der Waals surface area contributed by atoms with Crippen molar-refractivity contribution in [3.63, 3.8) is 0 Å². The molecular weight excluding hydrogens is 585 g/mol. The molecule has 10 nitrogen and oxygen atoms in total. The molecule has 4 heterocycles. The van der Waals surface area contributed by atoms with Crippen molar-refractivity contribution >= 4 is 34.6 Å². The van der Waals surface area contributed by atoms with Crippen molar-refractivity contribution in [3.05, 3.63) is 58.9 Å². The van der Waals surface area contributed by atoms with Crippen molar-refractivity contribution in [3.8, 4) is 22.8 Å². The number of hydrogen-bond donors (Lipinski definition) is 3. The molecule has 0 spiro atoms. The maximum absolute atomic E-state index is 15.5. The summed E-state index contributed by atoms with van der Waals surface area (Å²) in [6, 6.07) is 2.90. The number of nitrogens with one attached hydrogen (secondary N) is 2. The summed E-state index contributed by atoms with van der Waals surface area (Å²) in [7, 11) is 0. The van der Waals surface area contributed by atoms with E-state index in [1.807, 2.05) is 0 Å². The van der Waals surface area contributed by atoms with Gasteiger partial charge in [-0.3, -0.25) is 9.59 Å². The Labute approximate surface area is 239 Å². The van der Waals surface area contributed by atoms with Crippen molar-refractivity contribution in [1.82, 2.24) is 20.0 Å². The van der Waals surface area contributed by atoms with Crippen LogP contribution in [0.3, 0.4) is 0 Å². The van der Waals surface area contributed by atoms with Crippen molar-refractivity contribution in [2.45, 2.75) is 24.1 Å². The Hall–Kier alpha value is -4.34. The highest BCUT2D eigenvalue weighted by atomic mass is 32.2. The lowest BCUT2D eigenvalue weighted by Gasteiger charge is -2.34. The van der Waals surface area contributed by atoms with E-state index in [-0.39, 0.29) is 53.6 Å². The lowest BCUT2D eigenvalue weighted by atomic mass is 10.0. The van der Waals surface area contributed by atoms with Gasteiger partial charge in [0.1, 0.15) is 40.8 Å². The SMILES string of the molecule is NC1=NCNc2c1c(-c1ccc(Oc3c(F)c(F)cc(F)c3F)cc1F)nn2C1CCCN(C(=O)C2CNC(=O)S2)C1. The number of carbonyl (C=O) groups excluding carboxylic acids is 2. The molecule has 0 radical (unpaired) electrons. The summed E-state index contributed by atoms with van der Waals surface area (Å²) in [5.41, 5.74) is 6.57. The summed E-state index contributed by atoms with van der Waals surface area (Å²) in [6.45, 7) is 1.21. The Bertz CT molecular complexity index is 1620. The number of nitrogens with zero attached hydrogens (tertiary/aromatic N) is 4. The van der Waals surface area contributed by atoms with Crippen LogP contribution in [0, 0.1) is 29.1 Å². The number of carbonyl (C=O) groups is 2. The third-order valence-electron chi connectivity index (χ3n) is 7.16. The van der Waals surface area contributed by atoms with Crippen LogP contribution in [0.1, 0.15) is 24.4 Å². The van der Waals surface area contributed by atoms with E-state index >= 15 is 4.39 Å². The Balaban J connectivity index is 1.32. The molecule has 3 aromatic rings. The van der Waals surface area contributed by atoms with Crippen LogP contribution in [-0.2, 0) is 4.79 Å². The summed E-state index contributed by atoms with van der Waals surface area (Å²) < 4.78 is 77.4. The van der Waals surface area contributed by atoms with Crippen LogP contribution in [0.15, 0.2) is 29.3 Å². The van der Waals surface area contributed by atoms with E-state index in [1.54, 1.807) is 9.58 Å². The van der Waals surface area contributed by atoms with Crippen LogP contribution in [0.5, 0.6) is 11.5 Å².